The van der Waals surface area contributed by atoms with Gasteiger partial charge in [0.15, 0.2) is 0 Å². The van der Waals surface area contributed by atoms with E-state index >= 15 is 0 Å². The minimum atomic E-state index is -1.62. The van der Waals surface area contributed by atoms with E-state index in [2.05, 4.69) is 25.9 Å². The molecule has 3 amide bonds. The number of carboxylic acid groups (broad SMARTS) is 2. The zero-order chi connectivity index (χ0) is 33.2. The van der Waals surface area contributed by atoms with Gasteiger partial charge in [-0.3, -0.25) is 19.2 Å². The van der Waals surface area contributed by atoms with Crippen molar-refractivity contribution in [3.05, 3.63) is 72.1 Å². The second-order valence-corrected chi connectivity index (χ2v) is 11.1. The molecular formula is C32H39N7O7. The Kier molecular flexibility index (Phi) is 11.5. The van der Waals surface area contributed by atoms with Gasteiger partial charge in [0.25, 0.3) is 0 Å². The second kappa shape index (κ2) is 15.7. The fourth-order valence-electron chi connectivity index (χ4n) is 5.32. The normalized spacial score (nSPS) is 13.9. The smallest absolute Gasteiger partial charge is 0.326 e. The predicted molar refractivity (Wildman–Crippen MR) is 171 cm³/mol. The number of carboxylic acids is 2. The van der Waals surface area contributed by atoms with Gasteiger partial charge < -0.3 is 47.6 Å². The number of unbranched alkanes of at least 4 members (excludes halogenated alkanes) is 1. The van der Waals surface area contributed by atoms with Crippen LogP contribution in [-0.4, -0.2) is 80.6 Å². The Labute approximate surface area is 264 Å². The van der Waals surface area contributed by atoms with Crippen molar-refractivity contribution in [1.29, 1.82) is 0 Å². The summed E-state index contributed by atoms with van der Waals surface area (Å²) in [6.45, 7) is 0.340. The standard InChI is InChI=1S/C32H39N7O7/c33-12-6-5-11-25(32(45)46)37-31(44)27(15-28(40)41)39-30(43)26(14-19-17-36-24-10-4-2-8-21(19)24)38-29(42)22(34)13-18-16-35-23-9-3-1-7-20(18)23/h1-4,7-10,16-17,22,25-27,35-36H,5-6,11-15,33-34H2,(H,37,44)(H,38,42)(H,39,43)(H,40,41)(H,45,46). The average molecular weight is 634 g/mol. The number of benzene rings is 2. The molecule has 0 saturated carbocycles. The van der Waals surface area contributed by atoms with E-state index in [-0.39, 0.29) is 19.3 Å². The Morgan fingerprint density at radius 1 is 0.696 bits per heavy atom. The molecule has 14 nitrogen and oxygen atoms in total. The zero-order valence-electron chi connectivity index (χ0n) is 25.1. The van der Waals surface area contributed by atoms with Crippen molar-refractivity contribution in [2.45, 2.75) is 62.7 Å². The van der Waals surface area contributed by atoms with Crippen LogP contribution in [0.25, 0.3) is 21.8 Å². The molecule has 4 atom stereocenters. The number of aliphatic carboxylic acids is 2. The Hall–Kier alpha value is -5.21. The number of para-hydroxylation sites is 2. The monoisotopic (exact) mass is 633 g/mol. The number of hydrogen-bond donors (Lipinski definition) is 9. The maximum atomic E-state index is 13.7. The first-order valence-electron chi connectivity index (χ1n) is 15.0. The first-order chi connectivity index (χ1) is 22.1. The number of hydrogen-bond acceptors (Lipinski definition) is 7. The number of amides is 3. The molecule has 14 heteroatoms. The van der Waals surface area contributed by atoms with Crippen LogP contribution < -0.4 is 27.4 Å². The molecule has 0 spiro atoms. The third-order valence-electron chi connectivity index (χ3n) is 7.76. The van der Waals surface area contributed by atoms with Crippen molar-refractivity contribution in [1.82, 2.24) is 25.9 Å². The number of aromatic nitrogens is 2. The summed E-state index contributed by atoms with van der Waals surface area (Å²) >= 11 is 0. The fourth-order valence-corrected chi connectivity index (χ4v) is 5.32. The van der Waals surface area contributed by atoms with Gasteiger partial charge in [-0.2, -0.15) is 0 Å². The molecule has 4 unspecified atom stereocenters. The highest BCUT2D eigenvalue weighted by molar-refractivity contribution is 5.96. The van der Waals surface area contributed by atoms with Crippen molar-refractivity contribution in [2.75, 3.05) is 6.54 Å². The Bertz CT molecular complexity index is 1700. The molecule has 0 bridgehead atoms. The SMILES string of the molecule is NCCCCC(NC(=O)C(CC(=O)O)NC(=O)C(Cc1c[nH]c2ccccc12)NC(=O)C(N)Cc1c[nH]c2ccccc12)C(=O)O. The largest absolute Gasteiger partial charge is 0.481 e. The summed E-state index contributed by atoms with van der Waals surface area (Å²) in [5, 5.41) is 28.2. The summed E-state index contributed by atoms with van der Waals surface area (Å²) in [6.07, 6.45) is 3.82. The number of H-pyrrole nitrogens is 2. The van der Waals surface area contributed by atoms with Gasteiger partial charge in [0.05, 0.1) is 12.5 Å². The lowest BCUT2D eigenvalue weighted by Crippen LogP contribution is -2.58. The highest BCUT2D eigenvalue weighted by Crippen LogP contribution is 2.21. The van der Waals surface area contributed by atoms with Crippen LogP contribution in [0.15, 0.2) is 60.9 Å². The van der Waals surface area contributed by atoms with Crippen LogP contribution in [-0.2, 0) is 36.8 Å². The number of rotatable bonds is 17. The number of carbonyl (C=O) groups excluding carboxylic acids is 3. The van der Waals surface area contributed by atoms with Gasteiger partial charge in [-0.1, -0.05) is 36.4 Å². The van der Waals surface area contributed by atoms with Crippen LogP contribution in [0.4, 0.5) is 0 Å². The molecule has 0 fully saturated rings. The molecule has 2 aromatic carbocycles. The zero-order valence-corrected chi connectivity index (χ0v) is 25.1. The predicted octanol–water partition coefficient (Wildman–Crippen LogP) is 0.904. The third kappa shape index (κ3) is 8.70. The van der Waals surface area contributed by atoms with E-state index in [1.165, 1.54) is 0 Å². The van der Waals surface area contributed by atoms with Crippen molar-refractivity contribution < 1.29 is 34.2 Å². The molecule has 0 saturated heterocycles. The van der Waals surface area contributed by atoms with Gasteiger partial charge in [0.2, 0.25) is 17.7 Å². The van der Waals surface area contributed by atoms with Gasteiger partial charge in [-0.25, -0.2) is 4.79 Å². The maximum Gasteiger partial charge on any atom is 0.326 e. The molecule has 0 aliphatic heterocycles. The summed E-state index contributed by atoms with van der Waals surface area (Å²) in [7, 11) is 0. The summed E-state index contributed by atoms with van der Waals surface area (Å²) in [4.78, 5) is 69.8. The Balaban J connectivity index is 1.54. The van der Waals surface area contributed by atoms with E-state index in [0.717, 1.165) is 27.4 Å². The second-order valence-electron chi connectivity index (χ2n) is 11.1. The summed E-state index contributed by atoms with van der Waals surface area (Å²) in [5.41, 5.74) is 15.0. The molecule has 46 heavy (non-hydrogen) atoms. The van der Waals surface area contributed by atoms with E-state index in [9.17, 15) is 34.2 Å². The molecule has 2 aromatic heterocycles. The van der Waals surface area contributed by atoms with E-state index in [0.29, 0.717) is 24.9 Å². The molecule has 4 rings (SSSR count). The fraction of sp³-hybridized carbons (Fsp3) is 0.344. The number of nitrogens with one attached hydrogen (secondary N) is 5. The highest BCUT2D eigenvalue weighted by atomic mass is 16.4. The van der Waals surface area contributed by atoms with E-state index < -0.39 is 60.2 Å². The molecule has 0 aliphatic rings. The van der Waals surface area contributed by atoms with Gasteiger partial charge in [0, 0.05) is 40.6 Å². The van der Waals surface area contributed by atoms with E-state index in [4.69, 9.17) is 11.5 Å². The number of fused-ring (bicyclic) bond motifs is 2. The number of aromatic amines is 2. The highest BCUT2D eigenvalue weighted by Gasteiger charge is 2.32. The van der Waals surface area contributed by atoms with Gasteiger partial charge in [0.1, 0.15) is 18.1 Å². The lowest BCUT2D eigenvalue weighted by molar-refractivity contribution is -0.143. The van der Waals surface area contributed by atoms with Crippen molar-refractivity contribution in [3.63, 3.8) is 0 Å². The molecule has 0 aliphatic carbocycles. The lowest BCUT2D eigenvalue weighted by Gasteiger charge is -2.24. The Morgan fingerprint density at radius 3 is 1.78 bits per heavy atom. The molecule has 2 heterocycles. The summed E-state index contributed by atoms with van der Waals surface area (Å²) in [5.74, 6) is -5.15. The topological polar surface area (TPSA) is 246 Å². The van der Waals surface area contributed by atoms with E-state index in [1.54, 1.807) is 12.4 Å². The van der Waals surface area contributed by atoms with Crippen LogP contribution in [0, 0.1) is 0 Å². The number of nitrogens with two attached hydrogens (primary N) is 2. The molecule has 4 aromatic rings. The van der Waals surface area contributed by atoms with Gasteiger partial charge >= 0.3 is 11.9 Å². The van der Waals surface area contributed by atoms with Crippen molar-refractivity contribution in [3.8, 4) is 0 Å². The van der Waals surface area contributed by atoms with Crippen LogP contribution in [0.1, 0.15) is 36.8 Å². The minimum Gasteiger partial charge on any atom is -0.481 e. The number of carbonyl (C=O) groups is 5. The third-order valence-corrected chi connectivity index (χ3v) is 7.76. The Morgan fingerprint density at radius 2 is 1.22 bits per heavy atom. The first-order valence-corrected chi connectivity index (χ1v) is 15.0. The van der Waals surface area contributed by atoms with Crippen LogP contribution in [0.5, 0.6) is 0 Å². The molecule has 244 valence electrons. The van der Waals surface area contributed by atoms with Crippen molar-refractivity contribution in [2.24, 2.45) is 11.5 Å². The first kappa shape index (κ1) is 33.7. The maximum absolute atomic E-state index is 13.7. The average Bonchev–Trinajstić information content (AvgIpc) is 3.63. The molecule has 11 N–H and O–H groups in total. The minimum absolute atomic E-state index is 0.0142. The van der Waals surface area contributed by atoms with Crippen molar-refractivity contribution >= 4 is 51.5 Å². The molecular weight excluding hydrogens is 594 g/mol. The van der Waals surface area contributed by atoms with Crippen LogP contribution in [0.2, 0.25) is 0 Å². The van der Waals surface area contributed by atoms with Crippen LogP contribution >= 0.6 is 0 Å². The van der Waals surface area contributed by atoms with E-state index in [1.807, 2.05) is 48.5 Å². The summed E-state index contributed by atoms with van der Waals surface area (Å²) in [6, 6.07) is 9.68. The molecule has 0 radical (unpaired) electrons. The quantitative estimate of drug-likeness (QED) is 0.0749. The summed E-state index contributed by atoms with van der Waals surface area (Å²) < 4.78 is 0. The van der Waals surface area contributed by atoms with Gasteiger partial charge in [-0.05, 0) is 55.5 Å². The lowest BCUT2D eigenvalue weighted by atomic mass is 10.0. The van der Waals surface area contributed by atoms with Crippen LogP contribution in [0.3, 0.4) is 0 Å². The van der Waals surface area contributed by atoms with Gasteiger partial charge in [-0.15, -0.1) is 0 Å².